The first-order chi connectivity index (χ1) is 13.7. The number of nitrogens with zero attached hydrogens (tertiary/aromatic N) is 2. The van der Waals surface area contributed by atoms with Gasteiger partial charge in [-0.15, -0.1) is 0 Å². The van der Waals surface area contributed by atoms with Gasteiger partial charge in [-0.05, 0) is 56.6 Å². The van der Waals surface area contributed by atoms with E-state index in [1.54, 1.807) is 0 Å². The van der Waals surface area contributed by atoms with Crippen LogP contribution in [0.4, 0.5) is 0 Å². The molecule has 0 N–H and O–H groups in total. The molecule has 1 fully saturated rings. The van der Waals surface area contributed by atoms with Crippen LogP contribution in [0.15, 0.2) is 48.5 Å². The number of halogens is 1. The van der Waals surface area contributed by atoms with Gasteiger partial charge in [-0.1, -0.05) is 41.9 Å². The highest BCUT2D eigenvalue weighted by atomic mass is 35.5. The molecule has 0 amide bonds. The van der Waals surface area contributed by atoms with Crippen LogP contribution in [-0.4, -0.2) is 35.5 Å². The molecule has 5 heteroatoms. The Bertz CT molecular complexity index is 998. The summed E-state index contributed by atoms with van der Waals surface area (Å²) in [6, 6.07) is 15.6. The quantitative estimate of drug-likeness (QED) is 0.548. The van der Waals surface area contributed by atoms with Gasteiger partial charge in [-0.2, -0.15) is 0 Å². The monoisotopic (exact) mass is 394 g/mol. The summed E-state index contributed by atoms with van der Waals surface area (Å²) < 4.78 is 5.44. The predicted molar refractivity (Wildman–Crippen MR) is 113 cm³/mol. The molecule has 1 saturated heterocycles. The van der Waals surface area contributed by atoms with Crippen molar-refractivity contribution in [1.82, 2.24) is 9.88 Å². The summed E-state index contributed by atoms with van der Waals surface area (Å²) in [5, 5.41) is 1.49. The van der Waals surface area contributed by atoms with Crippen molar-refractivity contribution >= 4 is 28.5 Å². The number of benzene rings is 2. The van der Waals surface area contributed by atoms with E-state index in [-0.39, 0.29) is 5.97 Å². The van der Waals surface area contributed by atoms with Gasteiger partial charge in [-0.3, -0.25) is 9.88 Å². The fourth-order valence-electron chi connectivity index (χ4n) is 3.88. The van der Waals surface area contributed by atoms with Crippen LogP contribution in [0.1, 0.15) is 35.8 Å². The van der Waals surface area contributed by atoms with Crippen molar-refractivity contribution in [2.24, 2.45) is 0 Å². The van der Waals surface area contributed by atoms with Gasteiger partial charge in [0.05, 0.1) is 23.4 Å². The first-order valence-corrected chi connectivity index (χ1v) is 10.1. The summed E-state index contributed by atoms with van der Waals surface area (Å²) in [6.45, 7) is 4.86. The summed E-state index contributed by atoms with van der Waals surface area (Å²) in [5.74, 6) is -0.329. The zero-order chi connectivity index (χ0) is 19.5. The van der Waals surface area contributed by atoms with Crippen molar-refractivity contribution in [2.75, 3.05) is 19.7 Å². The molecule has 0 radical (unpaired) electrons. The van der Waals surface area contributed by atoms with E-state index in [0.717, 1.165) is 40.8 Å². The first kappa shape index (κ1) is 18.9. The van der Waals surface area contributed by atoms with Gasteiger partial charge >= 0.3 is 5.97 Å². The number of carbonyl (C=O) groups excluding carboxylic acids is 1. The number of likely N-dealkylation sites (tertiary alicyclic amines) is 1. The van der Waals surface area contributed by atoms with E-state index in [4.69, 9.17) is 21.3 Å². The number of pyridine rings is 1. The molecule has 0 bridgehead atoms. The van der Waals surface area contributed by atoms with Gasteiger partial charge in [0.2, 0.25) is 0 Å². The Morgan fingerprint density at radius 2 is 1.89 bits per heavy atom. The average Bonchev–Trinajstić information content (AvgIpc) is 3.21. The van der Waals surface area contributed by atoms with E-state index in [1.807, 2.05) is 55.5 Å². The first-order valence-electron chi connectivity index (χ1n) is 9.74. The highest BCUT2D eigenvalue weighted by Gasteiger charge is 2.25. The number of hydrogen-bond acceptors (Lipinski definition) is 4. The van der Waals surface area contributed by atoms with E-state index in [0.29, 0.717) is 23.7 Å². The lowest BCUT2D eigenvalue weighted by atomic mass is 9.94. The molecule has 2 aromatic carbocycles. The molecule has 1 aliphatic heterocycles. The summed E-state index contributed by atoms with van der Waals surface area (Å²) in [7, 11) is 0. The smallest absolute Gasteiger partial charge is 0.340 e. The molecule has 1 aromatic heterocycles. The van der Waals surface area contributed by atoms with E-state index in [2.05, 4.69) is 4.90 Å². The van der Waals surface area contributed by atoms with Crippen molar-refractivity contribution in [2.45, 2.75) is 26.3 Å². The SMILES string of the molecule is CCOC(=O)c1c(CN2CCCC2)nc2ccc(Cl)cc2c1-c1ccccc1. The number of hydrogen-bond donors (Lipinski definition) is 0. The maximum Gasteiger partial charge on any atom is 0.340 e. The lowest BCUT2D eigenvalue weighted by molar-refractivity contribution is 0.0524. The van der Waals surface area contributed by atoms with Crippen LogP contribution in [0, 0.1) is 0 Å². The lowest BCUT2D eigenvalue weighted by Crippen LogP contribution is -2.22. The Balaban J connectivity index is 2.00. The Kier molecular flexibility index (Phi) is 5.60. The van der Waals surface area contributed by atoms with Gasteiger partial charge in [0, 0.05) is 22.5 Å². The molecular formula is C23H23ClN2O2. The van der Waals surface area contributed by atoms with Crippen molar-refractivity contribution in [3.63, 3.8) is 0 Å². The lowest BCUT2D eigenvalue weighted by Gasteiger charge is -2.20. The highest BCUT2D eigenvalue weighted by molar-refractivity contribution is 6.31. The molecule has 0 aliphatic carbocycles. The third kappa shape index (κ3) is 3.75. The summed E-state index contributed by atoms with van der Waals surface area (Å²) in [6.07, 6.45) is 2.37. The molecule has 0 unspecified atom stereocenters. The van der Waals surface area contributed by atoms with Gasteiger partial charge < -0.3 is 4.74 Å². The second-order valence-electron chi connectivity index (χ2n) is 7.04. The molecule has 144 valence electrons. The van der Waals surface area contributed by atoms with E-state index in [9.17, 15) is 4.79 Å². The standard InChI is InChI=1S/C23H23ClN2O2/c1-2-28-23(27)22-20(15-26-12-6-7-13-26)25-19-11-10-17(24)14-18(19)21(22)16-8-4-3-5-9-16/h3-5,8-11,14H,2,6-7,12-13,15H2,1H3. The second kappa shape index (κ2) is 8.29. The fraction of sp³-hybridized carbons (Fsp3) is 0.304. The van der Waals surface area contributed by atoms with Crippen LogP contribution in [0.25, 0.3) is 22.0 Å². The fourth-order valence-corrected chi connectivity index (χ4v) is 4.05. The Morgan fingerprint density at radius 1 is 1.14 bits per heavy atom. The van der Waals surface area contributed by atoms with E-state index >= 15 is 0 Å². The van der Waals surface area contributed by atoms with Crippen molar-refractivity contribution in [1.29, 1.82) is 0 Å². The minimum absolute atomic E-state index is 0.323. The maximum absolute atomic E-state index is 13.0. The Hall–Kier alpha value is -2.43. The maximum atomic E-state index is 13.0. The topological polar surface area (TPSA) is 42.4 Å². The van der Waals surface area contributed by atoms with Gasteiger partial charge in [-0.25, -0.2) is 4.79 Å². The molecule has 0 spiro atoms. The molecule has 28 heavy (non-hydrogen) atoms. The van der Waals surface area contributed by atoms with E-state index in [1.165, 1.54) is 12.8 Å². The minimum Gasteiger partial charge on any atom is -0.462 e. The molecule has 0 atom stereocenters. The van der Waals surface area contributed by atoms with Crippen LogP contribution in [0.5, 0.6) is 0 Å². The van der Waals surface area contributed by atoms with Crippen molar-refractivity contribution < 1.29 is 9.53 Å². The number of carbonyl (C=O) groups is 1. The summed E-state index contributed by atoms with van der Waals surface area (Å²) in [4.78, 5) is 20.3. The predicted octanol–water partition coefficient (Wildman–Crippen LogP) is 5.33. The Morgan fingerprint density at radius 3 is 2.61 bits per heavy atom. The van der Waals surface area contributed by atoms with Crippen molar-refractivity contribution in [3.05, 3.63) is 64.8 Å². The molecule has 4 rings (SSSR count). The molecule has 2 heterocycles. The summed E-state index contributed by atoms with van der Waals surface area (Å²) in [5.41, 5.74) is 3.97. The minimum atomic E-state index is -0.329. The van der Waals surface area contributed by atoms with Crippen LogP contribution < -0.4 is 0 Å². The molecule has 3 aromatic rings. The number of ether oxygens (including phenoxy) is 1. The average molecular weight is 395 g/mol. The number of rotatable bonds is 5. The van der Waals surface area contributed by atoms with E-state index < -0.39 is 0 Å². The normalized spacial score (nSPS) is 14.5. The zero-order valence-corrected chi connectivity index (χ0v) is 16.7. The van der Waals surface area contributed by atoms with Crippen LogP contribution >= 0.6 is 11.6 Å². The van der Waals surface area contributed by atoms with Gasteiger partial charge in [0.25, 0.3) is 0 Å². The largest absolute Gasteiger partial charge is 0.462 e. The van der Waals surface area contributed by atoms with Crippen LogP contribution in [0.2, 0.25) is 5.02 Å². The van der Waals surface area contributed by atoms with Gasteiger partial charge in [0.1, 0.15) is 0 Å². The number of fused-ring (bicyclic) bond motifs is 1. The third-order valence-corrected chi connectivity index (χ3v) is 5.37. The summed E-state index contributed by atoms with van der Waals surface area (Å²) >= 11 is 6.30. The number of esters is 1. The number of aromatic nitrogens is 1. The highest BCUT2D eigenvalue weighted by Crippen LogP contribution is 2.35. The van der Waals surface area contributed by atoms with Crippen molar-refractivity contribution in [3.8, 4) is 11.1 Å². The van der Waals surface area contributed by atoms with Crippen LogP contribution in [0.3, 0.4) is 0 Å². The molecule has 1 aliphatic rings. The van der Waals surface area contributed by atoms with Crippen LogP contribution in [-0.2, 0) is 11.3 Å². The third-order valence-electron chi connectivity index (χ3n) is 5.14. The Labute approximate surface area is 170 Å². The second-order valence-corrected chi connectivity index (χ2v) is 7.48. The molecular weight excluding hydrogens is 372 g/mol. The zero-order valence-electron chi connectivity index (χ0n) is 16.0. The van der Waals surface area contributed by atoms with Gasteiger partial charge in [0.15, 0.2) is 0 Å². The molecule has 4 nitrogen and oxygen atoms in total. The molecule has 0 saturated carbocycles.